The fourth-order valence-electron chi connectivity index (χ4n) is 5.56. The van der Waals surface area contributed by atoms with Gasteiger partial charge in [-0.1, -0.05) is 23.7 Å². The molecule has 1 aliphatic heterocycles. The fourth-order valence-corrected chi connectivity index (χ4v) is 5.78. The summed E-state index contributed by atoms with van der Waals surface area (Å²) >= 11 is 6.58. The summed E-state index contributed by atoms with van der Waals surface area (Å²) in [7, 11) is 1.51. The van der Waals surface area contributed by atoms with E-state index < -0.39 is 46.8 Å². The highest BCUT2D eigenvalue weighted by atomic mass is 35.5. The quantitative estimate of drug-likeness (QED) is 0.183. The summed E-state index contributed by atoms with van der Waals surface area (Å²) in [5.41, 5.74) is 5.22. The molecule has 2 heterocycles. The summed E-state index contributed by atoms with van der Waals surface area (Å²) in [5.74, 6) is -2.87. The molecule has 0 saturated heterocycles. The van der Waals surface area contributed by atoms with Crippen LogP contribution in [0.5, 0.6) is 5.75 Å². The Morgan fingerprint density at radius 3 is 2.43 bits per heavy atom. The number of ether oxygens (including phenoxy) is 1. The summed E-state index contributed by atoms with van der Waals surface area (Å²) in [6.45, 7) is 0.00510. The SMILES string of the molecule is COc1ccc(CN2C(=O)c3c(c(NC(=O)c4cc(F)cc(C(F)(F)F)c4)cc4nc(N)ccc34)C2c2cc(F)ccc2Cl)cc1. The van der Waals surface area contributed by atoms with Gasteiger partial charge in [0.25, 0.3) is 11.8 Å². The van der Waals surface area contributed by atoms with E-state index in [1.54, 1.807) is 30.3 Å². The number of hydrogen-bond acceptors (Lipinski definition) is 5. The number of carbonyl (C=O) groups excluding carboxylic acids is 2. The zero-order chi connectivity index (χ0) is 32.9. The van der Waals surface area contributed by atoms with Gasteiger partial charge in [-0.3, -0.25) is 9.59 Å². The number of nitrogens with two attached hydrogens (primary N) is 1. The molecule has 0 aliphatic carbocycles. The molecule has 4 aromatic carbocycles. The molecule has 1 aromatic heterocycles. The molecule has 0 radical (unpaired) electrons. The zero-order valence-electron chi connectivity index (χ0n) is 23.8. The Balaban J connectivity index is 1.56. The topological polar surface area (TPSA) is 97.5 Å². The van der Waals surface area contributed by atoms with Crippen molar-refractivity contribution in [3.05, 3.63) is 129 Å². The normalized spacial score (nSPS) is 14.5. The van der Waals surface area contributed by atoms with E-state index in [1.165, 1.54) is 30.2 Å². The lowest BCUT2D eigenvalue weighted by molar-refractivity contribution is -0.137. The highest BCUT2D eigenvalue weighted by Gasteiger charge is 2.42. The maximum atomic E-state index is 14.7. The smallest absolute Gasteiger partial charge is 0.416 e. The minimum atomic E-state index is -4.92. The van der Waals surface area contributed by atoms with Crippen LogP contribution in [-0.2, 0) is 12.7 Å². The van der Waals surface area contributed by atoms with E-state index >= 15 is 0 Å². The maximum Gasteiger partial charge on any atom is 0.416 e. The first-order chi connectivity index (χ1) is 21.8. The predicted molar refractivity (Wildman–Crippen MR) is 162 cm³/mol. The number of fused-ring (bicyclic) bond motifs is 3. The number of nitrogens with one attached hydrogen (secondary N) is 1. The first-order valence-electron chi connectivity index (χ1n) is 13.6. The number of pyridine rings is 1. The van der Waals surface area contributed by atoms with Crippen molar-refractivity contribution in [3.63, 3.8) is 0 Å². The summed E-state index contributed by atoms with van der Waals surface area (Å²) in [4.78, 5) is 33.5. The van der Waals surface area contributed by atoms with E-state index in [4.69, 9.17) is 22.1 Å². The van der Waals surface area contributed by atoms with Crippen LogP contribution in [0.3, 0.4) is 0 Å². The Bertz CT molecular complexity index is 2040. The second-order valence-corrected chi connectivity index (χ2v) is 11.0. The van der Waals surface area contributed by atoms with Crippen LogP contribution in [0.4, 0.5) is 33.5 Å². The van der Waals surface area contributed by atoms with Crippen molar-refractivity contribution in [1.29, 1.82) is 0 Å². The molecule has 1 atom stereocenters. The van der Waals surface area contributed by atoms with Crippen molar-refractivity contribution in [2.24, 2.45) is 0 Å². The van der Waals surface area contributed by atoms with Gasteiger partial charge in [-0.25, -0.2) is 13.8 Å². The van der Waals surface area contributed by atoms with Crippen molar-refractivity contribution in [3.8, 4) is 5.75 Å². The number of aromatic nitrogens is 1. The van der Waals surface area contributed by atoms with Crippen LogP contribution in [0.15, 0.2) is 78.9 Å². The monoisotopic (exact) mass is 652 g/mol. The van der Waals surface area contributed by atoms with Crippen LogP contribution < -0.4 is 15.8 Å². The number of nitrogen functional groups attached to an aromatic ring is 1. The standard InChI is InChI=1S/C33H22ClF5N4O3/c1-46-21-5-2-16(3-6-21)15-43-30(23-13-19(35)4-8-24(23)34)29-26(14-25-22(28(29)32(43)45)7-9-27(40)41-25)42-31(44)17-10-18(33(37,38)39)12-20(36)11-17/h2-14,30H,15H2,1H3,(H2,40,41)(H,42,44). The third kappa shape index (κ3) is 5.67. The molecule has 6 rings (SSSR count). The number of benzene rings is 4. The van der Waals surface area contributed by atoms with E-state index in [0.717, 1.165) is 12.1 Å². The zero-order valence-corrected chi connectivity index (χ0v) is 24.5. The van der Waals surface area contributed by atoms with Gasteiger partial charge in [-0.2, -0.15) is 13.2 Å². The van der Waals surface area contributed by atoms with Gasteiger partial charge in [0.15, 0.2) is 0 Å². The van der Waals surface area contributed by atoms with Gasteiger partial charge >= 0.3 is 6.18 Å². The van der Waals surface area contributed by atoms with Gasteiger partial charge in [0.2, 0.25) is 0 Å². The lowest BCUT2D eigenvalue weighted by Crippen LogP contribution is -2.28. The van der Waals surface area contributed by atoms with E-state index in [9.17, 15) is 31.5 Å². The molecule has 0 spiro atoms. The molecule has 1 unspecified atom stereocenters. The van der Waals surface area contributed by atoms with Gasteiger partial charge < -0.3 is 20.7 Å². The van der Waals surface area contributed by atoms with Gasteiger partial charge in [-0.05, 0) is 72.3 Å². The van der Waals surface area contributed by atoms with Crippen molar-refractivity contribution < 1.29 is 36.3 Å². The third-order valence-corrected chi connectivity index (χ3v) is 7.96. The third-order valence-electron chi connectivity index (χ3n) is 7.62. The summed E-state index contributed by atoms with van der Waals surface area (Å²) < 4.78 is 74.5. The van der Waals surface area contributed by atoms with Crippen LogP contribution >= 0.6 is 11.6 Å². The Kier molecular flexibility index (Phi) is 7.77. The first-order valence-corrected chi connectivity index (χ1v) is 14.0. The average molecular weight is 653 g/mol. The van der Waals surface area contributed by atoms with Gasteiger partial charge in [0, 0.05) is 39.3 Å². The molecule has 7 nitrogen and oxygen atoms in total. The number of carbonyl (C=O) groups is 2. The first kappa shape index (κ1) is 30.8. The van der Waals surface area contributed by atoms with E-state index in [0.29, 0.717) is 28.8 Å². The minimum Gasteiger partial charge on any atom is -0.497 e. The van der Waals surface area contributed by atoms with Gasteiger partial charge in [0.1, 0.15) is 23.2 Å². The van der Waals surface area contributed by atoms with Crippen molar-refractivity contribution in [2.75, 3.05) is 18.2 Å². The number of hydrogen-bond donors (Lipinski definition) is 2. The summed E-state index contributed by atoms with van der Waals surface area (Å²) in [5, 5.41) is 3.01. The van der Waals surface area contributed by atoms with Crippen LogP contribution in [0.2, 0.25) is 5.02 Å². The lowest BCUT2D eigenvalue weighted by Gasteiger charge is -2.28. The highest BCUT2D eigenvalue weighted by Crippen LogP contribution is 2.48. The molecular formula is C33H22ClF5N4O3. The number of amides is 2. The fraction of sp³-hybridized carbons (Fsp3) is 0.121. The maximum absolute atomic E-state index is 14.7. The molecule has 234 valence electrons. The van der Waals surface area contributed by atoms with Crippen molar-refractivity contribution >= 4 is 45.8 Å². The number of nitrogens with zero attached hydrogens (tertiary/aromatic N) is 2. The number of halogens is 6. The summed E-state index contributed by atoms with van der Waals surface area (Å²) in [6.07, 6.45) is -4.92. The molecule has 3 N–H and O–H groups in total. The molecule has 2 amide bonds. The van der Waals surface area contributed by atoms with Crippen molar-refractivity contribution in [2.45, 2.75) is 18.8 Å². The second kappa shape index (κ2) is 11.6. The lowest BCUT2D eigenvalue weighted by atomic mass is 9.93. The van der Waals surface area contributed by atoms with E-state index in [1.807, 2.05) is 0 Å². The predicted octanol–water partition coefficient (Wildman–Crippen LogP) is 7.77. The Morgan fingerprint density at radius 1 is 1.00 bits per heavy atom. The average Bonchev–Trinajstić information content (AvgIpc) is 3.29. The number of anilines is 2. The largest absolute Gasteiger partial charge is 0.497 e. The second-order valence-electron chi connectivity index (χ2n) is 10.5. The van der Waals surface area contributed by atoms with Crippen molar-refractivity contribution in [1.82, 2.24) is 9.88 Å². The number of methoxy groups -OCH3 is 1. The van der Waals surface area contributed by atoms with Crippen LogP contribution in [0.1, 0.15) is 49.0 Å². The molecule has 1 aliphatic rings. The molecular weight excluding hydrogens is 631 g/mol. The molecule has 5 aromatic rings. The highest BCUT2D eigenvalue weighted by molar-refractivity contribution is 6.31. The molecule has 0 fully saturated rings. The Morgan fingerprint density at radius 2 is 1.74 bits per heavy atom. The van der Waals surface area contributed by atoms with E-state index in [2.05, 4.69) is 10.3 Å². The van der Waals surface area contributed by atoms with Crippen LogP contribution in [-0.4, -0.2) is 28.8 Å². The molecule has 46 heavy (non-hydrogen) atoms. The van der Waals surface area contributed by atoms with Gasteiger partial charge in [-0.15, -0.1) is 0 Å². The number of alkyl halides is 3. The Labute approximate surface area is 263 Å². The molecule has 13 heteroatoms. The minimum absolute atomic E-state index is 0.00510. The van der Waals surface area contributed by atoms with Crippen LogP contribution in [0.25, 0.3) is 10.9 Å². The van der Waals surface area contributed by atoms with E-state index in [-0.39, 0.29) is 51.3 Å². The number of rotatable bonds is 6. The van der Waals surface area contributed by atoms with Crippen LogP contribution in [0, 0.1) is 11.6 Å². The molecule has 0 saturated carbocycles. The van der Waals surface area contributed by atoms with Gasteiger partial charge in [0.05, 0.1) is 29.8 Å². The Hall–Kier alpha value is -5.23. The summed E-state index contributed by atoms with van der Waals surface area (Å²) in [6, 6.07) is 15.3. The molecule has 0 bridgehead atoms.